The minimum Gasteiger partial charge on any atom is -0.496 e. The van der Waals surface area contributed by atoms with Gasteiger partial charge >= 0.3 is 5.63 Å². The molecule has 1 aromatic heterocycles. The molecule has 0 bridgehead atoms. The van der Waals surface area contributed by atoms with Crippen molar-refractivity contribution in [1.29, 1.82) is 0 Å². The molecule has 0 spiro atoms. The molecule has 38 heavy (non-hydrogen) atoms. The lowest BCUT2D eigenvalue weighted by atomic mass is 9.85. The summed E-state index contributed by atoms with van der Waals surface area (Å²) in [5.74, 6) is 3.30. The summed E-state index contributed by atoms with van der Waals surface area (Å²) in [7, 11) is 8.03. The van der Waals surface area contributed by atoms with Crippen LogP contribution >= 0.6 is 0 Å². The Morgan fingerprint density at radius 3 is 2.16 bits per heavy atom. The summed E-state index contributed by atoms with van der Waals surface area (Å²) in [4.78, 5) is 15.1. The molecule has 3 aromatic rings. The zero-order valence-corrected chi connectivity index (χ0v) is 23.5. The molecule has 2 heterocycles. The molecule has 0 N–H and O–H groups in total. The summed E-state index contributed by atoms with van der Waals surface area (Å²) in [6.45, 7) is 7.21. The van der Waals surface area contributed by atoms with Gasteiger partial charge in [-0.05, 0) is 68.5 Å². The van der Waals surface area contributed by atoms with Crippen LogP contribution < -0.4 is 29.3 Å². The van der Waals surface area contributed by atoms with Crippen LogP contribution in [0.1, 0.15) is 48.8 Å². The van der Waals surface area contributed by atoms with E-state index in [1.807, 2.05) is 25.1 Å². The van der Waals surface area contributed by atoms with Gasteiger partial charge in [-0.3, -0.25) is 0 Å². The number of methoxy groups -OCH3 is 5. The normalized spacial score (nSPS) is 16.8. The molecular formula is C30H39NO7. The number of benzene rings is 2. The fourth-order valence-electron chi connectivity index (χ4n) is 5.73. The summed E-state index contributed by atoms with van der Waals surface area (Å²) in [6.07, 6.45) is 3.22. The highest BCUT2D eigenvalue weighted by atomic mass is 16.5. The Hall–Kier alpha value is -3.39. The number of fused-ring (bicyclic) bond motifs is 1. The van der Waals surface area contributed by atoms with Crippen LogP contribution in [0.5, 0.6) is 28.7 Å². The molecule has 0 amide bonds. The van der Waals surface area contributed by atoms with Crippen LogP contribution in [0, 0.1) is 12.8 Å². The summed E-state index contributed by atoms with van der Waals surface area (Å²) in [6, 6.07) is 7.30. The highest BCUT2D eigenvalue weighted by Crippen LogP contribution is 2.47. The molecule has 1 fully saturated rings. The molecule has 0 saturated carbocycles. The fraction of sp³-hybridized carbons (Fsp3) is 0.500. The average Bonchev–Trinajstić information content (AvgIpc) is 2.92. The number of likely N-dealkylation sites (tertiary alicyclic amines) is 1. The topological polar surface area (TPSA) is 79.6 Å². The van der Waals surface area contributed by atoms with E-state index in [0.29, 0.717) is 40.2 Å². The number of nitrogens with zero attached hydrogens (tertiary/aromatic N) is 1. The summed E-state index contributed by atoms with van der Waals surface area (Å²) in [5, 5.41) is 0.756. The van der Waals surface area contributed by atoms with Crippen molar-refractivity contribution in [2.24, 2.45) is 5.92 Å². The van der Waals surface area contributed by atoms with E-state index >= 15 is 0 Å². The summed E-state index contributed by atoms with van der Waals surface area (Å²) < 4.78 is 34.5. The largest absolute Gasteiger partial charge is 0.496 e. The van der Waals surface area contributed by atoms with Crippen LogP contribution in [0.4, 0.5) is 0 Å². The van der Waals surface area contributed by atoms with Crippen molar-refractivity contribution < 1.29 is 28.1 Å². The van der Waals surface area contributed by atoms with Gasteiger partial charge in [0.25, 0.3) is 0 Å². The van der Waals surface area contributed by atoms with E-state index in [0.717, 1.165) is 48.1 Å². The van der Waals surface area contributed by atoms with Gasteiger partial charge < -0.3 is 33.0 Å². The van der Waals surface area contributed by atoms with Crippen molar-refractivity contribution in [3.8, 4) is 28.7 Å². The smallest absolute Gasteiger partial charge is 0.336 e. The average molecular weight is 526 g/mol. The number of hydrogen-bond donors (Lipinski definition) is 0. The Labute approximate surface area is 224 Å². The third-order valence-electron chi connectivity index (χ3n) is 7.53. The second-order valence-electron chi connectivity index (χ2n) is 10.00. The lowest BCUT2D eigenvalue weighted by Gasteiger charge is -2.32. The molecule has 8 heteroatoms. The van der Waals surface area contributed by atoms with E-state index in [9.17, 15) is 4.79 Å². The molecule has 1 aliphatic heterocycles. The van der Waals surface area contributed by atoms with E-state index in [-0.39, 0.29) is 5.92 Å². The van der Waals surface area contributed by atoms with Crippen LogP contribution in [-0.2, 0) is 0 Å². The van der Waals surface area contributed by atoms with Gasteiger partial charge in [0.05, 0.1) is 40.9 Å². The zero-order valence-electron chi connectivity index (χ0n) is 23.5. The quantitative estimate of drug-likeness (QED) is 0.326. The van der Waals surface area contributed by atoms with Crippen LogP contribution in [-0.4, -0.2) is 60.1 Å². The maximum absolute atomic E-state index is 12.6. The Bertz CT molecular complexity index is 1310. The zero-order chi connectivity index (χ0) is 27.4. The first kappa shape index (κ1) is 27.6. The first-order valence-electron chi connectivity index (χ1n) is 13.1. The molecular weight excluding hydrogens is 486 g/mol. The SMILES string of the molecule is COc1cc([C@@H](CCN2CCC[C@H](C)C2)c2c(OC)cc(OC)c3c(C)cc(=O)oc23)cc(OC)c1OC. The van der Waals surface area contributed by atoms with Gasteiger partial charge in [-0.25, -0.2) is 4.79 Å². The monoisotopic (exact) mass is 525 g/mol. The molecule has 0 radical (unpaired) electrons. The standard InChI is InChI=1S/C30H39NO7/c1-18-9-8-11-31(17-18)12-10-21(20-14-24(35-5)29(37-7)25(15-20)36-6)28-23(34-4)16-22(33-3)27-19(2)13-26(32)38-30(27)28/h13-16,18,21H,8-12,17H2,1-7H3/t18-,21+/m0/s1. The van der Waals surface area contributed by atoms with E-state index in [1.54, 1.807) is 35.5 Å². The number of ether oxygens (including phenoxy) is 5. The lowest BCUT2D eigenvalue weighted by molar-refractivity contribution is 0.180. The fourth-order valence-corrected chi connectivity index (χ4v) is 5.73. The third kappa shape index (κ3) is 5.41. The van der Waals surface area contributed by atoms with Gasteiger partial charge in [0.1, 0.15) is 17.1 Å². The molecule has 1 aliphatic rings. The molecule has 2 atom stereocenters. The van der Waals surface area contributed by atoms with Crippen molar-refractivity contribution in [1.82, 2.24) is 4.90 Å². The van der Waals surface area contributed by atoms with Crippen LogP contribution in [0.15, 0.2) is 33.5 Å². The maximum atomic E-state index is 12.6. The number of rotatable bonds is 10. The first-order valence-corrected chi connectivity index (χ1v) is 13.1. The van der Waals surface area contributed by atoms with E-state index in [4.69, 9.17) is 28.1 Å². The predicted molar refractivity (Wildman–Crippen MR) is 148 cm³/mol. The van der Waals surface area contributed by atoms with E-state index in [1.165, 1.54) is 18.9 Å². The second-order valence-corrected chi connectivity index (χ2v) is 10.00. The molecule has 8 nitrogen and oxygen atoms in total. The Morgan fingerprint density at radius 2 is 1.58 bits per heavy atom. The number of aryl methyl sites for hydroxylation is 1. The minimum atomic E-state index is -0.417. The second kappa shape index (κ2) is 12.0. The van der Waals surface area contributed by atoms with Gasteiger partial charge in [0.2, 0.25) is 5.75 Å². The predicted octanol–water partition coefficient (Wildman–Crippen LogP) is 5.40. The molecule has 2 aromatic carbocycles. The van der Waals surface area contributed by atoms with Gasteiger partial charge in [0, 0.05) is 30.2 Å². The van der Waals surface area contributed by atoms with Gasteiger partial charge in [0.15, 0.2) is 11.5 Å². The Morgan fingerprint density at radius 1 is 0.921 bits per heavy atom. The highest BCUT2D eigenvalue weighted by molar-refractivity contribution is 5.92. The lowest BCUT2D eigenvalue weighted by Crippen LogP contribution is -2.35. The summed E-state index contributed by atoms with van der Waals surface area (Å²) >= 11 is 0. The van der Waals surface area contributed by atoms with E-state index < -0.39 is 5.63 Å². The van der Waals surface area contributed by atoms with Crippen LogP contribution in [0.25, 0.3) is 11.0 Å². The van der Waals surface area contributed by atoms with Crippen molar-refractivity contribution in [3.63, 3.8) is 0 Å². The van der Waals surface area contributed by atoms with Gasteiger partial charge in [-0.2, -0.15) is 0 Å². The molecule has 206 valence electrons. The van der Waals surface area contributed by atoms with Crippen molar-refractivity contribution in [2.75, 3.05) is 55.2 Å². The van der Waals surface area contributed by atoms with Crippen molar-refractivity contribution in [3.05, 3.63) is 51.4 Å². The van der Waals surface area contributed by atoms with E-state index in [2.05, 4.69) is 11.8 Å². The van der Waals surface area contributed by atoms with Crippen molar-refractivity contribution in [2.45, 2.75) is 39.0 Å². The van der Waals surface area contributed by atoms with Gasteiger partial charge in [-0.15, -0.1) is 0 Å². The third-order valence-corrected chi connectivity index (χ3v) is 7.53. The van der Waals surface area contributed by atoms with Gasteiger partial charge in [-0.1, -0.05) is 6.92 Å². The summed E-state index contributed by atoms with van der Waals surface area (Å²) in [5.41, 5.74) is 2.57. The van der Waals surface area contributed by atoms with Crippen molar-refractivity contribution >= 4 is 11.0 Å². The highest BCUT2D eigenvalue weighted by Gasteiger charge is 2.29. The van der Waals surface area contributed by atoms with Crippen LogP contribution in [0.2, 0.25) is 0 Å². The first-order chi connectivity index (χ1) is 18.3. The number of piperidine rings is 1. The maximum Gasteiger partial charge on any atom is 0.336 e. The molecule has 0 aliphatic carbocycles. The molecule has 4 rings (SSSR count). The Kier molecular flexibility index (Phi) is 8.72. The van der Waals surface area contributed by atoms with Crippen LogP contribution in [0.3, 0.4) is 0 Å². The molecule has 1 saturated heterocycles. The Balaban J connectivity index is 1.96. The number of hydrogen-bond acceptors (Lipinski definition) is 8. The molecule has 0 unspecified atom stereocenters. The minimum absolute atomic E-state index is 0.200.